The quantitative estimate of drug-likeness (QED) is 0.696. The molecule has 0 aliphatic rings. The average Bonchev–Trinajstić information content (AvgIpc) is 2.66. The molecule has 5 nitrogen and oxygen atoms in total. The Labute approximate surface area is 162 Å². The summed E-state index contributed by atoms with van der Waals surface area (Å²) >= 11 is 0. The summed E-state index contributed by atoms with van der Waals surface area (Å²) in [4.78, 5) is 13.9. The number of nitrogens with one attached hydrogen (secondary N) is 1. The number of nitrogens with zero attached hydrogens (tertiary/aromatic N) is 1. The highest BCUT2D eigenvalue weighted by molar-refractivity contribution is 5.77. The number of rotatable bonds is 10. The lowest BCUT2D eigenvalue weighted by molar-refractivity contribution is -0.122. The third-order valence-corrected chi connectivity index (χ3v) is 4.04. The monoisotopic (exact) mass is 370 g/mol. The third kappa shape index (κ3) is 7.31. The summed E-state index contributed by atoms with van der Waals surface area (Å²) in [6.45, 7) is 6.38. The van der Waals surface area contributed by atoms with E-state index in [4.69, 9.17) is 9.47 Å². The summed E-state index contributed by atoms with van der Waals surface area (Å²) in [5.41, 5.74) is 2.17. The van der Waals surface area contributed by atoms with Crippen molar-refractivity contribution in [2.45, 2.75) is 27.0 Å². The number of hydrogen-bond donors (Lipinski definition) is 1. The molecule has 146 valence electrons. The second-order valence-corrected chi connectivity index (χ2v) is 7.13. The molecule has 27 heavy (non-hydrogen) atoms. The molecule has 0 aliphatic heterocycles. The van der Waals surface area contributed by atoms with Crippen LogP contribution in [0.1, 0.15) is 25.0 Å². The maximum Gasteiger partial charge on any atom is 0.234 e. The number of benzene rings is 2. The van der Waals surface area contributed by atoms with Gasteiger partial charge in [0.2, 0.25) is 5.91 Å². The zero-order valence-corrected chi connectivity index (χ0v) is 16.7. The zero-order chi connectivity index (χ0) is 19.6. The van der Waals surface area contributed by atoms with E-state index in [1.807, 2.05) is 60.5 Å². The molecule has 1 N–H and O–H groups in total. The van der Waals surface area contributed by atoms with Gasteiger partial charge in [-0.1, -0.05) is 50.2 Å². The molecular formula is C22H30N2O3. The van der Waals surface area contributed by atoms with Gasteiger partial charge in [-0.15, -0.1) is 0 Å². The molecule has 0 atom stereocenters. The van der Waals surface area contributed by atoms with Gasteiger partial charge in [0.25, 0.3) is 0 Å². The van der Waals surface area contributed by atoms with E-state index in [0.717, 1.165) is 11.1 Å². The molecule has 2 rings (SSSR count). The molecule has 0 spiro atoms. The molecular weight excluding hydrogens is 340 g/mol. The minimum Gasteiger partial charge on any atom is -0.493 e. The van der Waals surface area contributed by atoms with E-state index in [2.05, 4.69) is 19.2 Å². The number of likely N-dealkylation sites (N-methyl/N-ethyl adjacent to an activating group) is 1. The first kappa shape index (κ1) is 20.8. The molecule has 0 aliphatic carbocycles. The van der Waals surface area contributed by atoms with Crippen LogP contribution in [-0.2, 0) is 17.9 Å². The van der Waals surface area contributed by atoms with E-state index in [9.17, 15) is 4.79 Å². The molecule has 0 unspecified atom stereocenters. The number of carbonyl (C=O) groups excluding carboxylic acids is 1. The van der Waals surface area contributed by atoms with Crippen molar-refractivity contribution in [3.8, 4) is 11.5 Å². The fourth-order valence-corrected chi connectivity index (χ4v) is 2.65. The SMILES string of the molecule is COc1cc(CN(C)CC(=O)NCC(C)C)ccc1OCc1ccccc1. The fourth-order valence-electron chi connectivity index (χ4n) is 2.65. The van der Waals surface area contributed by atoms with Crippen molar-refractivity contribution in [1.29, 1.82) is 0 Å². The topological polar surface area (TPSA) is 50.8 Å². The van der Waals surface area contributed by atoms with Crippen molar-refractivity contribution in [3.05, 3.63) is 59.7 Å². The Morgan fingerprint density at radius 3 is 2.48 bits per heavy atom. The number of hydrogen-bond acceptors (Lipinski definition) is 4. The molecule has 0 heterocycles. The predicted molar refractivity (Wildman–Crippen MR) is 108 cm³/mol. The Bertz CT molecular complexity index is 717. The lowest BCUT2D eigenvalue weighted by Crippen LogP contribution is -2.36. The van der Waals surface area contributed by atoms with Crippen LogP contribution in [0, 0.1) is 5.92 Å². The first-order chi connectivity index (χ1) is 13.0. The van der Waals surface area contributed by atoms with Crippen molar-refractivity contribution in [3.63, 3.8) is 0 Å². The molecule has 0 saturated heterocycles. The highest BCUT2D eigenvalue weighted by Crippen LogP contribution is 2.29. The van der Waals surface area contributed by atoms with Crippen molar-refractivity contribution < 1.29 is 14.3 Å². The van der Waals surface area contributed by atoms with Gasteiger partial charge in [-0.2, -0.15) is 0 Å². The number of methoxy groups -OCH3 is 1. The van der Waals surface area contributed by atoms with Crippen molar-refractivity contribution in [2.75, 3.05) is 27.2 Å². The highest BCUT2D eigenvalue weighted by atomic mass is 16.5. The van der Waals surface area contributed by atoms with Crippen LogP contribution in [0.15, 0.2) is 48.5 Å². The second-order valence-electron chi connectivity index (χ2n) is 7.13. The molecule has 0 radical (unpaired) electrons. The maximum atomic E-state index is 11.9. The summed E-state index contributed by atoms with van der Waals surface area (Å²) in [5, 5.41) is 2.94. The Balaban J connectivity index is 1.91. The van der Waals surface area contributed by atoms with Gasteiger partial charge in [0, 0.05) is 13.1 Å². The van der Waals surface area contributed by atoms with Crippen molar-refractivity contribution in [2.24, 2.45) is 5.92 Å². The normalized spacial score (nSPS) is 10.9. The molecule has 5 heteroatoms. The van der Waals surface area contributed by atoms with Crippen molar-refractivity contribution >= 4 is 5.91 Å². The fraction of sp³-hybridized carbons (Fsp3) is 0.409. The lowest BCUT2D eigenvalue weighted by atomic mass is 10.2. The molecule has 0 bridgehead atoms. The number of amides is 1. The lowest BCUT2D eigenvalue weighted by Gasteiger charge is -2.18. The molecule has 0 aromatic heterocycles. The highest BCUT2D eigenvalue weighted by Gasteiger charge is 2.10. The predicted octanol–water partition coefficient (Wildman–Crippen LogP) is 3.48. The van der Waals surface area contributed by atoms with Gasteiger partial charge in [0.1, 0.15) is 6.61 Å². The smallest absolute Gasteiger partial charge is 0.234 e. The maximum absolute atomic E-state index is 11.9. The first-order valence-electron chi connectivity index (χ1n) is 9.26. The van der Waals surface area contributed by atoms with Gasteiger partial charge < -0.3 is 14.8 Å². The summed E-state index contributed by atoms with van der Waals surface area (Å²) < 4.78 is 11.4. The first-order valence-corrected chi connectivity index (χ1v) is 9.26. The Kier molecular flexibility index (Phi) is 8.14. The summed E-state index contributed by atoms with van der Waals surface area (Å²) in [6, 6.07) is 15.9. The van der Waals surface area contributed by atoms with Gasteiger partial charge in [-0.05, 0) is 36.2 Å². The minimum absolute atomic E-state index is 0.0426. The average molecular weight is 370 g/mol. The van der Waals surface area contributed by atoms with Crippen LogP contribution in [-0.4, -0.2) is 38.1 Å². The second kappa shape index (κ2) is 10.6. The van der Waals surface area contributed by atoms with Crippen LogP contribution in [0.2, 0.25) is 0 Å². The van der Waals surface area contributed by atoms with E-state index in [-0.39, 0.29) is 5.91 Å². The standard InChI is InChI=1S/C22H30N2O3/c1-17(2)13-23-22(25)15-24(3)14-19-10-11-20(21(12-19)26-4)27-16-18-8-6-5-7-9-18/h5-12,17H,13-16H2,1-4H3,(H,23,25). The van der Waals surface area contributed by atoms with Crippen LogP contribution < -0.4 is 14.8 Å². The molecule has 0 fully saturated rings. The van der Waals surface area contributed by atoms with E-state index in [1.54, 1.807) is 7.11 Å². The van der Waals surface area contributed by atoms with Gasteiger partial charge in [-0.25, -0.2) is 0 Å². The molecule has 1 amide bonds. The van der Waals surface area contributed by atoms with Crippen LogP contribution >= 0.6 is 0 Å². The molecule has 0 saturated carbocycles. The van der Waals surface area contributed by atoms with Gasteiger partial charge in [-0.3, -0.25) is 9.69 Å². The Morgan fingerprint density at radius 2 is 1.81 bits per heavy atom. The Morgan fingerprint density at radius 1 is 1.07 bits per heavy atom. The third-order valence-electron chi connectivity index (χ3n) is 4.04. The zero-order valence-electron chi connectivity index (χ0n) is 16.7. The summed E-state index contributed by atoms with van der Waals surface area (Å²) in [7, 11) is 3.57. The summed E-state index contributed by atoms with van der Waals surface area (Å²) in [6.07, 6.45) is 0. The van der Waals surface area contributed by atoms with E-state index < -0.39 is 0 Å². The minimum atomic E-state index is 0.0426. The van der Waals surface area contributed by atoms with E-state index in [0.29, 0.717) is 43.7 Å². The molecule has 2 aromatic rings. The van der Waals surface area contributed by atoms with Crippen LogP contribution in [0.25, 0.3) is 0 Å². The van der Waals surface area contributed by atoms with Crippen LogP contribution in [0.3, 0.4) is 0 Å². The van der Waals surface area contributed by atoms with Crippen LogP contribution in [0.5, 0.6) is 11.5 Å². The largest absolute Gasteiger partial charge is 0.493 e. The van der Waals surface area contributed by atoms with Gasteiger partial charge >= 0.3 is 0 Å². The van der Waals surface area contributed by atoms with E-state index >= 15 is 0 Å². The van der Waals surface area contributed by atoms with Crippen LogP contribution in [0.4, 0.5) is 0 Å². The number of carbonyl (C=O) groups is 1. The van der Waals surface area contributed by atoms with Crippen molar-refractivity contribution in [1.82, 2.24) is 10.2 Å². The number of ether oxygens (including phenoxy) is 2. The molecule has 2 aromatic carbocycles. The summed E-state index contributed by atoms with van der Waals surface area (Å²) in [5.74, 6) is 1.90. The van der Waals surface area contributed by atoms with E-state index in [1.165, 1.54) is 0 Å². The van der Waals surface area contributed by atoms with Gasteiger partial charge in [0.15, 0.2) is 11.5 Å². The Hall–Kier alpha value is -2.53. The van der Waals surface area contributed by atoms with Gasteiger partial charge in [0.05, 0.1) is 13.7 Å².